The zero-order valence-corrected chi connectivity index (χ0v) is 13.8. The summed E-state index contributed by atoms with van der Waals surface area (Å²) in [6.07, 6.45) is 0.607. The van der Waals surface area contributed by atoms with Gasteiger partial charge in [0.25, 0.3) is 5.91 Å². The third-order valence-electron chi connectivity index (χ3n) is 4.67. The van der Waals surface area contributed by atoms with Crippen LogP contribution in [0.25, 0.3) is 11.1 Å². The average Bonchev–Trinajstić information content (AvgIpc) is 3.17. The summed E-state index contributed by atoms with van der Waals surface area (Å²) >= 11 is 0. The largest absolute Gasteiger partial charge is 0.325 e. The topological polar surface area (TPSA) is 78.5 Å². The van der Waals surface area contributed by atoms with Crippen LogP contribution in [-0.4, -0.2) is 30.4 Å². The quantitative estimate of drug-likeness (QED) is 0.829. The van der Waals surface area contributed by atoms with Gasteiger partial charge in [-0.05, 0) is 47.4 Å². The van der Waals surface area contributed by atoms with Gasteiger partial charge in [-0.3, -0.25) is 14.9 Å². The van der Waals surface area contributed by atoms with Crippen LogP contribution in [0.5, 0.6) is 0 Å². The van der Waals surface area contributed by atoms with Gasteiger partial charge in [-0.2, -0.15) is 0 Å². The highest BCUT2D eigenvalue weighted by atomic mass is 19.1. The number of amides is 4. The maximum Gasteiger partial charge on any atom is 0.322 e. The molecule has 1 atom stereocenters. The normalized spacial score (nSPS) is 18.5. The molecular weight excluding hydrogens is 337 g/mol. The lowest BCUT2D eigenvalue weighted by Crippen LogP contribution is -2.38. The molecular formula is C19H16FN3O3. The fourth-order valence-corrected chi connectivity index (χ4v) is 3.40. The zero-order chi connectivity index (χ0) is 18.3. The number of nitrogens with zero attached hydrogens (tertiary/aromatic N) is 1. The van der Waals surface area contributed by atoms with Gasteiger partial charge < -0.3 is 10.2 Å². The van der Waals surface area contributed by atoms with Crippen LogP contribution in [-0.2, 0) is 16.0 Å². The van der Waals surface area contributed by atoms with Gasteiger partial charge in [0.2, 0.25) is 5.91 Å². The molecule has 2 aromatic rings. The molecule has 2 aromatic carbocycles. The van der Waals surface area contributed by atoms with Gasteiger partial charge >= 0.3 is 6.03 Å². The molecule has 7 heteroatoms. The third kappa shape index (κ3) is 2.92. The summed E-state index contributed by atoms with van der Waals surface area (Å²) < 4.78 is 13.4. The predicted molar refractivity (Wildman–Crippen MR) is 93.0 cm³/mol. The van der Waals surface area contributed by atoms with Crippen molar-refractivity contribution in [2.24, 2.45) is 0 Å². The highest BCUT2D eigenvalue weighted by molar-refractivity contribution is 6.07. The summed E-state index contributed by atoms with van der Waals surface area (Å²) in [4.78, 5) is 37.0. The van der Waals surface area contributed by atoms with Gasteiger partial charge in [0.1, 0.15) is 11.9 Å². The molecule has 0 saturated carbocycles. The van der Waals surface area contributed by atoms with Crippen molar-refractivity contribution in [3.63, 3.8) is 0 Å². The van der Waals surface area contributed by atoms with Crippen molar-refractivity contribution in [2.75, 3.05) is 11.4 Å². The first-order valence-electron chi connectivity index (χ1n) is 8.32. The third-order valence-corrected chi connectivity index (χ3v) is 4.67. The minimum absolute atomic E-state index is 0.0807. The minimum Gasteiger partial charge on any atom is -0.325 e. The van der Waals surface area contributed by atoms with Gasteiger partial charge in [-0.25, -0.2) is 9.18 Å². The Labute approximate surface area is 149 Å². The molecule has 0 unspecified atom stereocenters. The standard InChI is InChI=1S/C19H16FN3O3/c20-14-3-1-2-11(9-14)12-4-5-16-13(8-12)6-7-23(16)17(24)10-15-18(25)22-19(26)21-15/h1-5,8-9,15H,6-7,10H2,(H2,21,22,25,26)/t15-/m0/s1. The molecule has 0 radical (unpaired) electrons. The van der Waals surface area contributed by atoms with Crippen molar-refractivity contribution in [3.8, 4) is 11.1 Å². The molecule has 26 heavy (non-hydrogen) atoms. The smallest absolute Gasteiger partial charge is 0.322 e. The van der Waals surface area contributed by atoms with E-state index in [0.717, 1.165) is 22.4 Å². The average molecular weight is 353 g/mol. The van der Waals surface area contributed by atoms with E-state index >= 15 is 0 Å². The Balaban J connectivity index is 1.54. The van der Waals surface area contributed by atoms with Crippen molar-refractivity contribution in [2.45, 2.75) is 18.9 Å². The van der Waals surface area contributed by atoms with E-state index in [0.29, 0.717) is 13.0 Å². The molecule has 2 N–H and O–H groups in total. The number of halogens is 1. The molecule has 0 bridgehead atoms. The molecule has 2 aliphatic heterocycles. The molecule has 0 aliphatic carbocycles. The van der Waals surface area contributed by atoms with Crippen LogP contribution < -0.4 is 15.5 Å². The summed E-state index contributed by atoms with van der Waals surface area (Å²) in [5.74, 6) is -0.995. The summed E-state index contributed by atoms with van der Waals surface area (Å²) in [5, 5.41) is 4.56. The monoisotopic (exact) mass is 353 g/mol. The first-order chi connectivity index (χ1) is 12.5. The summed E-state index contributed by atoms with van der Waals surface area (Å²) in [5.41, 5.74) is 3.46. The maximum absolute atomic E-state index is 13.4. The Hall–Kier alpha value is -3.22. The van der Waals surface area contributed by atoms with Crippen molar-refractivity contribution in [1.82, 2.24) is 10.6 Å². The van der Waals surface area contributed by atoms with Crippen LogP contribution in [0.4, 0.5) is 14.9 Å². The molecule has 0 aromatic heterocycles. The number of hydrogen-bond acceptors (Lipinski definition) is 3. The summed E-state index contributed by atoms with van der Waals surface area (Å²) in [6, 6.07) is 10.6. The molecule has 4 rings (SSSR count). The second-order valence-electron chi connectivity index (χ2n) is 6.37. The summed E-state index contributed by atoms with van der Waals surface area (Å²) in [7, 11) is 0. The number of imide groups is 1. The fraction of sp³-hybridized carbons (Fsp3) is 0.211. The maximum atomic E-state index is 13.4. The number of hydrogen-bond donors (Lipinski definition) is 2. The van der Waals surface area contributed by atoms with Gasteiger partial charge in [-0.15, -0.1) is 0 Å². The number of carbonyl (C=O) groups excluding carboxylic acids is 3. The van der Waals surface area contributed by atoms with Crippen LogP contribution in [0.3, 0.4) is 0 Å². The Morgan fingerprint density at radius 3 is 2.69 bits per heavy atom. The first kappa shape index (κ1) is 16.3. The Bertz CT molecular complexity index is 928. The van der Waals surface area contributed by atoms with Crippen LogP contribution >= 0.6 is 0 Å². The number of rotatable bonds is 3. The number of nitrogens with one attached hydrogen (secondary N) is 2. The lowest BCUT2D eigenvalue weighted by atomic mass is 10.0. The molecule has 1 fully saturated rings. The van der Waals surface area contributed by atoms with Crippen LogP contribution in [0.1, 0.15) is 12.0 Å². The molecule has 0 spiro atoms. The van der Waals surface area contributed by atoms with E-state index in [1.165, 1.54) is 12.1 Å². The highest BCUT2D eigenvalue weighted by Gasteiger charge is 2.34. The number of anilines is 1. The molecule has 4 amide bonds. The zero-order valence-electron chi connectivity index (χ0n) is 13.8. The van der Waals surface area contributed by atoms with Crippen molar-refractivity contribution >= 4 is 23.5 Å². The highest BCUT2D eigenvalue weighted by Crippen LogP contribution is 2.33. The van der Waals surface area contributed by atoms with Crippen LogP contribution in [0.2, 0.25) is 0 Å². The molecule has 2 heterocycles. The van der Waals surface area contributed by atoms with E-state index in [2.05, 4.69) is 10.6 Å². The second kappa shape index (κ2) is 6.25. The Kier molecular flexibility index (Phi) is 3.91. The van der Waals surface area contributed by atoms with E-state index < -0.39 is 18.0 Å². The van der Waals surface area contributed by atoms with Crippen LogP contribution in [0, 0.1) is 5.82 Å². The van der Waals surface area contributed by atoms with Crippen molar-refractivity contribution < 1.29 is 18.8 Å². The molecule has 132 valence electrons. The van der Waals surface area contributed by atoms with Gasteiger partial charge in [-0.1, -0.05) is 18.2 Å². The Morgan fingerprint density at radius 1 is 1.15 bits per heavy atom. The van der Waals surface area contributed by atoms with Gasteiger partial charge in [0, 0.05) is 12.2 Å². The Morgan fingerprint density at radius 2 is 1.96 bits per heavy atom. The number of fused-ring (bicyclic) bond motifs is 1. The molecule has 2 aliphatic rings. The van der Waals surface area contributed by atoms with Crippen molar-refractivity contribution in [3.05, 3.63) is 53.8 Å². The van der Waals surface area contributed by atoms with E-state index in [4.69, 9.17) is 0 Å². The fourth-order valence-electron chi connectivity index (χ4n) is 3.40. The van der Waals surface area contributed by atoms with Crippen LogP contribution in [0.15, 0.2) is 42.5 Å². The van der Waals surface area contributed by atoms with Gasteiger partial charge in [0.05, 0.1) is 6.42 Å². The van der Waals surface area contributed by atoms with E-state index in [-0.39, 0.29) is 18.1 Å². The number of benzene rings is 2. The summed E-state index contributed by atoms with van der Waals surface area (Å²) in [6.45, 7) is 0.517. The van der Waals surface area contributed by atoms with E-state index in [1.54, 1.807) is 11.0 Å². The second-order valence-corrected chi connectivity index (χ2v) is 6.37. The molecule has 6 nitrogen and oxygen atoms in total. The lowest BCUT2D eigenvalue weighted by Gasteiger charge is -2.19. The molecule has 1 saturated heterocycles. The van der Waals surface area contributed by atoms with Crippen molar-refractivity contribution in [1.29, 1.82) is 0 Å². The van der Waals surface area contributed by atoms with E-state index in [9.17, 15) is 18.8 Å². The lowest BCUT2D eigenvalue weighted by molar-refractivity contribution is -0.125. The SMILES string of the molecule is O=C1NC(=O)[C@H](CC(=O)N2CCc3cc(-c4cccc(F)c4)ccc32)N1. The van der Waals surface area contributed by atoms with Gasteiger partial charge in [0.15, 0.2) is 0 Å². The van der Waals surface area contributed by atoms with E-state index in [1.807, 2.05) is 24.3 Å². The number of urea groups is 1. The number of carbonyl (C=O) groups is 3. The first-order valence-corrected chi connectivity index (χ1v) is 8.32. The minimum atomic E-state index is -0.828. The predicted octanol–water partition coefficient (Wildman–Crippen LogP) is 1.98.